The molecular formula is C28H25Cl2N3O4S. The van der Waals surface area contributed by atoms with Crippen molar-refractivity contribution in [3.8, 4) is 22.5 Å². The number of thiazole rings is 1. The number of piperidine rings is 1. The molecule has 0 spiro atoms. The molecule has 3 heterocycles. The van der Waals surface area contributed by atoms with Crippen LogP contribution in [0.1, 0.15) is 53.3 Å². The zero-order chi connectivity index (χ0) is 26.2. The van der Waals surface area contributed by atoms with Crippen LogP contribution in [0.3, 0.4) is 0 Å². The number of carboxylic acids is 1. The fourth-order valence-electron chi connectivity index (χ4n) is 4.79. The number of rotatable bonds is 8. The van der Waals surface area contributed by atoms with E-state index in [9.17, 15) is 4.79 Å². The predicted octanol–water partition coefficient (Wildman–Crippen LogP) is 7.53. The summed E-state index contributed by atoms with van der Waals surface area (Å²) in [5.74, 6) is 0.342. The van der Waals surface area contributed by atoms with Gasteiger partial charge in [0.2, 0.25) is 0 Å². The molecule has 0 bridgehead atoms. The standard InChI is InChI=1S/C28H25Cl2N3O4S/c29-21-2-1-3-22(30)24(21)25-20(26(37-32-25)17-6-7-17)14-36-19-10-12-33(13-11-19)28-31-23(15-38-28)16-4-8-18(9-5-16)27(34)35/h1-5,8-9,15,17,19H,6-7,10-14H2,(H,34,35). The van der Waals surface area contributed by atoms with E-state index in [1.54, 1.807) is 35.6 Å². The summed E-state index contributed by atoms with van der Waals surface area (Å²) >= 11 is 14.6. The third-order valence-corrected chi connectivity index (χ3v) is 8.59. The van der Waals surface area contributed by atoms with Crippen molar-refractivity contribution in [2.45, 2.75) is 44.3 Å². The Morgan fingerprint density at radius 1 is 1.08 bits per heavy atom. The van der Waals surface area contributed by atoms with Gasteiger partial charge in [0.15, 0.2) is 5.13 Å². The second kappa shape index (κ2) is 10.7. The quantitative estimate of drug-likeness (QED) is 0.234. The summed E-state index contributed by atoms with van der Waals surface area (Å²) in [6, 6.07) is 12.2. The van der Waals surface area contributed by atoms with Gasteiger partial charge in [-0.2, -0.15) is 0 Å². The third kappa shape index (κ3) is 5.18. The first-order chi connectivity index (χ1) is 18.5. The summed E-state index contributed by atoms with van der Waals surface area (Å²) in [6.07, 6.45) is 4.07. The summed E-state index contributed by atoms with van der Waals surface area (Å²) < 4.78 is 12.2. The highest BCUT2D eigenvalue weighted by molar-refractivity contribution is 7.14. The first-order valence-electron chi connectivity index (χ1n) is 12.6. The smallest absolute Gasteiger partial charge is 0.335 e. The summed E-state index contributed by atoms with van der Waals surface area (Å²) in [4.78, 5) is 18.2. The fraction of sp³-hybridized carbons (Fsp3) is 0.321. The molecule has 0 amide bonds. The average molecular weight is 570 g/mol. The van der Waals surface area contributed by atoms with E-state index in [0.29, 0.717) is 33.8 Å². The van der Waals surface area contributed by atoms with Gasteiger partial charge in [-0.3, -0.25) is 0 Å². The monoisotopic (exact) mass is 569 g/mol. The molecule has 2 aromatic heterocycles. The Bertz CT molecular complexity index is 1440. The van der Waals surface area contributed by atoms with Crippen LogP contribution >= 0.6 is 34.5 Å². The SMILES string of the molecule is O=C(O)c1ccc(-c2csc(N3CCC(OCc4c(-c5c(Cl)cccc5Cl)noc4C4CC4)CC3)n2)cc1. The minimum Gasteiger partial charge on any atom is -0.478 e. The molecule has 2 aromatic carbocycles. The highest BCUT2D eigenvalue weighted by Crippen LogP contribution is 2.46. The molecule has 2 aliphatic rings. The van der Waals surface area contributed by atoms with Crippen molar-refractivity contribution in [2.24, 2.45) is 0 Å². The molecule has 38 heavy (non-hydrogen) atoms. The normalized spacial score (nSPS) is 16.2. The maximum atomic E-state index is 11.1. The Hall–Kier alpha value is -2.91. The Balaban J connectivity index is 1.10. The molecule has 2 fully saturated rings. The number of aromatic carboxylic acids is 1. The first kappa shape index (κ1) is 25.4. The van der Waals surface area contributed by atoms with Crippen molar-refractivity contribution in [3.63, 3.8) is 0 Å². The van der Waals surface area contributed by atoms with Gasteiger partial charge in [0.1, 0.15) is 11.5 Å². The van der Waals surface area contributed by atoms with Gasteiger partial charge in [-0.15, -0.1) is 11.3 Å². The molecule has 0 unspecified atom stereocenters. The fourth-order valence-corrected chi connectivity index (χ4v) is 6.25. The highest BCUT2D eigenvalue weighted by atomic mass is 35.5. The Morgan fingerprint density at radius 3 is 2.45 bits per heavy atom. The highest BCUT2D eigenvalue weighted by Gasteiger charge is 2.34. The van der Waals surface area contributed by atoms with Crippen LogP contribution in [0.2, 0.25) is 10.0 Å². The molecule has 4 aromatic rings. The molecule has 1 saturated heterocycles. The number of anilines is 1. The van der Waals surface area contributed by atoms with Crippen LogP contribution in [-0.2, 0) is 11.3 Å². The number of benzene rings is 2. The van der Waals surface area contributed by atoms with Gasteiger partial charge >= 0.3 is 5.97 Å². The summed E-state index contributed by atoms with van der Waals surface area (Å²) in [5.41, 5.74) is 4.34. The van der Waals surface area contributed by atoms with Crippen LogP contribution in [0.4, 0.5) is 5.13 Å². The zero-order valence-electron chi connectivity index (χ0n) is 20.4. The van der Waals surface area contributed by atoms with E-state index in [4.69, 9.17) is 42.6 Å². The number of ether oxygens (including phenoxy) is 1. The van der Waals surface area contributed by atoms with Crippen LogP contribution < -0.4 is 4.90 Å². The molecule has 6 rings (SSSR count). The maximum absolute atomic E-state index is 11.1. The van der Waals surface area contributed by atoms with Crippen molar-refractivity contribution in [1.29, 1.82) is 0 Å². The van der Waals surface area contributed by atoms with E-state index in [1.165, 1.54) is 0 Å². The number of carbonyl (C=O) groups is 1. The molecule has 7 nitrogen and oxygen atoms in total. The van der Waals surface area contributed by atoms with Crippen molar-refractivity contribution in [2.75, 3.05) is 18.0 Å². The summed E-state index contributed by atoms with van der Waals surface area (Å²) in [7, 11) is 0. The third-order valence-electron chi connectivity index (χ3n) is 7.06. The molecule has 0 radical (unpaired) electrons. The number of hydrogen-bond donors (Lipinski definition) is 1. The van der Waals surface area contributed by atoms with Gasteiger partial charge in [-0.25, -0.2) is 9.78 Å². The molecule has 1 aliphatic carbocycles. The van der Waals surface area contributed by atoms with Crippen LogP contribution in [-0.4, -0.2) is 40.4 Å². The average Bonchev–Trinajstić information content (AvgIpc) is 3.49. The molecule has 0 atom stereocenters. The summed E-state index contributed by atoms with van der Waals surface area (Å²) in [5, 5.41) is 17.5. The maximum Gasteiger partial charge on any atom is 0.335 e. The molecular weight excluding hydrogens is 545 g/mol. The van der Waals surface area contributed by atoms with Crippen molar-refractivity contribution < 1.29 is 19.2 Å². The number of hydrogen-bond acceptors (Lipinski definition) is 7. The molecule has 196 valence electrons. The van der Waals surface area contributed by atoms with Gasteiger partial charge in [-0.05, 0) is 49.9 Å². The minimum absolute atomic E-state index is 0.116. The Labute approximate surface area is 234 Å². The van der Waals surface area contributed by atoms with Gasteiger partial charge in [0.05, 0.1) is 34.0 Å². The molecule has 1 N–H and O–H groups in total. The van der Waals surface area contributed by atoms with Gasteiger partial charge in [-0.1, -0.05) is 46.6 Å². The van der Waals surface area contributed by atoms with E-state index in [0.717, 1.165) is 66.5 Å². The van der Waals surface area contributed by atoms with Crippen molar-refractivity contribution >= 4 is 45.6 Å². The minimum atomic E-state index is -0.933. The topological polar surface area (TPSA) is 88.7 Å². The van der Waals surface area contributed by atoms with Gasteiger partial charge in [0.25, 0.3) is 0 Å². The molecule has 1 aliphatic heterocycles. The zero-order valence-corrected chi connectivity index (χ0v) is 22.7. The first-order valence-corrected chi connectivity index (χ1v) is 14.2. The van der Waals surface area contributed by atoms with E-state index >= 15 is 0 Å². The second-order valence-corrected chi connectivity index (χ2v) is 11.3. The number of aromatic nitrogens is 2. The second-order valence-electron chi connectivity index (χ2n) is 9.64. The Kier molecular flexibility index (Phi) is 7.14. The van der Waals surface area contributed by atoms with Crippen LogP contribution in [0, 0.1) is 0 Å². The van der Waals surface area contributed by atoms with Crippen LogP contribution in [0.5, 0.6) is 0 Å². The predicted molar refractivity (Wildman–Crippen MR) is 148 cm³/mol. The number of carboxylic acid groups (broad SMARTS) is 1. The van der Waals surface area contributed by atoms with Crippen LogP contribution in [0.15, 0.2) is 52.4 Å². The van der Waals surface area contributed by atoms with E-state index in [1.807, 2.05) is 23.6 Å². The largest absolute Gasteiger partial charge is 0.478 e. The van der Waals surface area contributed by atoms with Crippen molar-refractivity contribution in [1.82, 2.24) is 10.1 Å². The Morgan fingerprint density at radius 2 is 1.79 bits per heavy atom. The van der Waals surface area contributed by atoms with Gasteiger partial charge < -0.3 is 19.3 Å². The van der Waals surface area contributed by atoms with Crippen molar-refractivity contribution in [3.05, 3.63) is 74.8 Å². The van der Waals surface area contributed by atoms with Gasteiger partial charge in [0, 0.05) is 41.1 Å². The van der Waals surface area contributed by atoms with E-state index in [-0.39, 0.29) is 11.7 Å². The lowest BCUT2D eigenvalue weighted by Gasteiger charge is -2.31. The van der Waals surface area contributed by atoms with E-state index < -0.39 is 5.97 Å². The molecule has 10 heteroatoms. The van der Waals surface area contributed by atoms with E-state index in [2.05, 4.69) is 10.1 Å². The van der Waals surface area contributed by atoms with Crippen LogP contribution in [0.25, 0.3) is 22.5 Å². The summed E-state index contributed by atoms with van der Waals surface area (Å²) in [6.45, 7) is 2.10. The lowest BCUT2D eigenvalue weighted by atomic mass is 10.0. The number of halogens is 2. The lowest BCUT2D eigenvalue weighted by molar-refractivity contribution is 0.0246. The molecule has 1 saturated carbocycles. The lowest BCUT2D eigenvalue weighted by Crippen LogP contribution is -2.37. The number of nitrogens with zero attached hydrogens (tertiary/aromatic N) is 3.